The van der Waals surface area contributed by atoms with Crippen molar-refractivity contribution in [2.75, 3.05) is 0 Å². The van der Waals surface area contributed by atoms with Crippen LogP contribution in [0.3, 0.4) is 0 Å². The van der Waals surface area contributed by atoms with Gasteiger partial charge in [0, 0.05) is 0 Å². The maximum absolute atomic E-state index is 5.95. The normalized spacial score (nSPS) is 10.4. The molecule has 2 nitrogen and oxygen atoms in total. The summed E-state index contributed by atoms with van der Waals surface area (Å²) in [6.07, 6.45) is 1.67. The standard InChI is InChI=1S/C17H14O2/c1-13-6-4-7-14(12-13)19-17-9-3-2-8-15(17)16-10-5-11-18-16/h2-12H,1H3. The molecule has 0 aliphatic carbocycles. The smallest absolute Gasteiger partial charge is 0.138 e. The van der Waals surface area contributed by atoms with E-state index in [9.17, 15) is 0 Å². The average Bonchev–Trinajstić information content (AvgIpc) is 2.93. The van der Waals surface area contributed by atoms with Gasteiger partial charge in [0.25, 0.3) is 0 Å². The van der Waals surface area contributed by atoms with Gasteiger partial charge in [-0.2, -0.15) is 0 Å². The number of aryl methyl sites for hydroxylation is 1. The fourth-order valence-electron chi connectivity index (χ4n) is 2.00. The fraction of sp³-hybridized carbons (Fsp3) is 0.0588. The van der Waals surface area contributed by atoms with Crippen LogP contribution in [0.5, 0.6) is 11.5 Å². The molecule has 1 heterocycles. The summed E-state index contributed by atoms with van der Waals surface area (Å²) in [5, 5.41) is 0. The Morgan fingerprint density at radius 1 is 0.895 bits per heavy atom. The minimum absolute atomic E-state index is 0.794. The Bertz CT molecular complexity index is 669. The summed E-state index contributed by atoms with van der Waals surface area (Å²) < 4.78 is 11.4. The highest BCUT2D eigenvalue weighted by atomic mass is 16.5. The number of rotatable bonds is 3. The summed E-state index contributed by atoms with van der Waals surface area (Å²) in [5.74, 6) is 2.44. The van der Waals surface area contributed by atoms with Crippen molar-refractivity contribution in [3.63, 3.8) is 0 Å². The zero-order valence-electron chi connectivity index (χ0n) is 10.7. The SMILES string of the molecule is Cc1cccc(Oc2ccccc2-c2ccco2)c1. The van der Waals surface area contributed by atoms with Crippen molar-refractivity contribution in [1.29, 1.82) is 0 Å². The van der Waals surface area contributed by atoms with Crippen LogP contribution >= 0.6 is 0 Å². The molecule has 94 valence electrons. The molecule has 1 aromatic heterocycles. The zero-order valence-corrected chi connectivity index (χ0v) is 10.7. The molecule has 0 spiro atoms. The molecule has 0 bridgehead atoms. The van der Waals surface area contributed by atoms with Gasteiger partial charge in [-0.25, -0.2) is 0 Å². The summed E-state index contributed by atoms with van der Waals surface area (Å²) in [7, 11) is 0. The van der Waals surface area contributed by atoms with Gasteiger partial charge in [0.2, 0.25) is 0 Å². The van der Waals surface area contributed by atoms with Crippen molar-refractivity contribution in [2.45, 2.75) is 6.92 Å². The van der Waals surface area contributed by atoms with E-state index in [1.54, 1.807) is 6.26 Å². The molecule has 0 unspecified atom stereocenters. The lowest BCUT2D eigenvalue weighted by Crippen LogP contribution is -1.87. The van der Waals surface area contributed by atoms with Crippen molar-refractivity contribution in [3.05, 3.63) is 72.5 Å². The Morgan fingerprint density at radius 3 is 2.58 bits per heavy atom. The highest BCUT2D eigenvalue weighted by Gasteiger charge is 2.08. The van der Waals surface area contributed by atoms with Gasteiger partial charge in [-0.15, -0.1) is 0 Å². The van der Waals surface area contributed by atoms with Gasteiger partial charge in [0.15, 0.2) is 0 Å². The van der Waals surface area contributed by atoms with Gasteiger partial charge >= 0.3 is 0 Å². The summed E-state index contributed by atoms with van der Waals surface area (Å²) in [5.41, 5.74) is 2.13. The molecule has 2 heteroatoms. The Hall–Kier alpha value is -2.48. The zero-order chi connectivity index (χ0) is 13.1. The Kier molecular flexibility index (Phi) is 3.07. The molecule has 0 aliphatic rings. The van der Waals surface area contributed by atoms with E-state index in [-0.39, 0.29) is 0 Å². The minimum Gasteiger partial charge on any atom is -0.464 e. The van der Waals surface area contributed by atoms with Crippen LogP contribution in [0, 0.1) is 6.92 Å². The van der Waals surface area contributed by atoms with Crippen molar-refractivity contribution >= 4 is 0 Å². The molecule has 0 N–H and O–H groups in total. The first-order valence-electron chi connectivity index (χ1n) is 6.20. The van der Waals surface area contributed by atoms with Crippen LogP contribution in [0.4, 0.5) is 0 Å². The van der Waals surface area contributed by atoms with E-state index in [4.69, 9.17) is 9.15 Å². The number of hydrogen-bond donors (Lipinski definition) is 0. The topological polar surface area (TPSA) is 22.4 Å². The number of para-hydroxylation sites is 1. The highest BCUT2D eigenvalue weighted by molar-refractivity contribution is 5.66. The molecule has 0 saturated carbocycles. The van der Waals surface area contributed by atoms with E-state index in [2.05, 4.69) is 0 Å². The molecule has 3 rings (SSSR count). The lowest BCUT2D eigenvalue weighted by molar-refractivity contribution is 0.480. The van der Waals surface area contributed by atoms with E-state index < -0.39 is 0 Å². The van der Waals surface area contributed by atoms with Gasteiger partial charge in [-0.1, -0.05) is 24.3 Å². The molecule has 0 atom stereocenters. The second kappa shape index (κ2) is 5.02. The second-order valence-corrected chi connectivity index (χ2v) is 4.39. The van der Waals surface area contributed by atoms with Gasteiger partial charge in [0.1, 0.15) is 17.3 Å². The second-order valence-electron chi connectivity index (χ2n) is 4.39. The molecule has 2 aromatic carbocycles. The van der Waals surface area contributed by atoms with Gasteiger partial charge in [-0.05, 0) is 48.9 Å². The van der Waals surface area contributed by atoms with Crippen LogP contribution in [0.15, 0.2) is 71.3 Å². The largest absolute Gasteiger partial charge is 0.464 e. The summed E-state index contributed by atoms with van der Waals surface area (Å²) in [6.45, 7) is 2.05. The molecule has 0 amide bonds. The summed E-state index contributed by atoms with van der Waals surface area (Å²) in [4.78, 5) is 0. The predicted octanol–water partition coefficient (Wildman–Crippen LogP) is 5.05. The van der Waals surface area contributed by atoms with E-state index >= 15 is 0 Å². The monoisotopic (exact) mass is 250 g/mol. The first-order chi connectivity index (χ1) is 9.33. The van der Waals surface area contributed by atoms with Crippen molar-refractivity contribution in [1.82, 2.24) is 0 Å². The summed E-state index contributed by atoms with van der Waals surface area (Å²) >= 11 is 0. The molecule has 0 fully saturated rings. The van der Waals surface area contributed by atoms with E-state index in [1.165, 1.54) is 5.56 Å². The molecule has 19 heavy (non-hydrogen) atoms. The molecule has 0 radical (unpaired) electrons. The van der Waals surface area contributed by atoms with Crippen molar-refractivity contribution in [3.8, 4) is 22.8 Å². The maximum Gasteiger partial charge on any atom is 0.138 e. The molecule has 0 saturated heterocycles. The third-order valence-corrected chi connectivity index (χ3v) is 2.89. The van der Waals surface area contributed by atoms with Crippen LogP contribution in [0.25, 0.3) is 11.3 Å². The van der Waals surface area contributed by atoms with Gasteiger partial charge < -0.3 is 9.15 Å². The molecule has 3 aromatic rings. The quantitative estimate of drug-likeness (QED) is 0.649. The van der Waals surface area contributed by atoms with E-state index in [0.717, 1.165) is 22.8 Å². The minimum atomic E-state index is 0.794. The fourth-order valence-corrected chi connectivity index (χ4v) is 2.00. The Labute approximate surface area is 112 Å². The first kappa shape index (κ1) is 11.6. The van der Waals surface area contributed by atoms with Crippen molar-refractivity contribution in [2.24, 2.45) is 0 Å². The number of furan rings is 1. The molecular formula is C17H14O2. The third-order valence-electron chi connectivity index (χ3n) is 2.89. The first-order valence-corrected chi connectivity index (χ1v) is 6.20. The highest BCUT2D eigenvalue weighted by Crippen LogP contribution is 2.33. The predicted molar refractivity (Wildman–Crippen MR) is 75.4 cm³/mol. The Morgan fingerprint density at radius 2 is 1.79 bits per heavy atom. The average molecular weight is 250 g/mol. The lowest BCUT2D eigenvalue weighted by atomic mass is 10.1. The van der Waals surface area contributed by atoms with Crippen LogP contribution in [-0.4, -0.2) is 0 Å². The number of benzene rings is 2. The maximum atomic E-state index is 5.95. The van der Waals surface area contributed by atoms with Crippen LogP contribution in [0.2, 0.25) is 0 Å². The number of ether oxygens (including phenoxy) is 1. The lowest BCUT2D eigenvalue weighted by Gasteiger charge is -2.10. The van der Waals surface area contributed by atoms with Crippen LogP contribution in [0.1, 0.15) is 5.56 Å². The van der Waals surface area contributed by atoms with Gasteiger partial charge in [-0.3, -0.25) is 0 Å². The molecular weight excluding hydrogens is 236 g/mol. The Balaban J connectivity index is 1.97. The van der Waals surface area contributed by atoms with E-state index in [0.29, 0.717) is 0 Å². The number of hydrogen-bond acceptors (Lipinski definition) is 2. The van der Waals surface area contributed by atoms with Crippen LogP contribution < -0.4 is 4.74 Å². The molecule has 0 aliphatic heterocycles. The van der Waals surface area contributed by atoms with Gasteiger partial charge in [0.05, 0.1) is 11.8 Å². The summed E-state index contributed by atoms with van der Waals surface area (Å²) in [6, 6.07) is 19.7. The van der Waals surface area contributed by atoms with E-state index in [1.807, 2.05) is 67.6 Å². The van der Waals surface area contributed by atoms with Crippen molar-refractivity contribution < 1.29 is 9.15 Å². The van der Waals surface area contributed by atoms with Crippen LogP contribution in [-0.2, 0) is 0 Å². The third kappa shape index (κ3) is 2.52.